The molecule has 0 radical (unpaired) electrons. The molecule has 1 fully saturated rings. The second-order valence-corrected chi connectivity index (χ2v) is 5.75. The molecule has 1 N–H and O–H groups in total. The second-order valence-electron chi connectivity index (χ2n) is 3.55. The minimum absolute atomic E-state index is 0.340. The summed E-state index contributed by atoms with van der Waals surface area (Å²) >= 11 is 5.21. The third-order valence-electron chi connectivity index (χ3n) is 2.08. The molecule has 0 aromatic rings. The Kier molecular flexibility index (Phi) is 4.45. The first-order valence-electron chi connectivity index (χ1n) is 4.74. The van der Waals surface area contributed by atoms with E-state index >= 15 is 0 Å². The van der Waals surface area contributed by atoms with Crippen molar-refractivity contribution in [3.63, 3.8) is 0 Å². The van der Waals surface area contributed by atoms with Crippen LogP contribution >= 0.6 is 12.2 Å². The van der Waals surface area contributed by atoms with Gasteiger partial charge in [-0.3, -0.25) is 0 Å². The van der Waals surface area contributed by atoms with E-state index in [1.807, 2.05) is 4.90 Å². The summed E-state index contributed by atoms with van der Waals surface area (Å²) in [5.41, 5.74) is 0. The van der Waals surface area contributed by atoms with Crippen molar-refractivity contribution in [2.24, 2.45) is 0 Å². The number of ether oxygens (including phenoxy) is 1. The van der Waals surface area contributed by atoms with Gasteiger partial charge in [-0.1, -0.05) is 12.2 Å². The number of nitrogens with zero attached hydrogens (tertiary/aromatic N) is 1. The van der Waals surface area contributed by atoms with Crippen molar-refractivity contribution in [1.82, 2.24) is 9.62 Å². The molecule has 0 aliphatic carbocycles. The zero-order chi connectivity index (χ0) is 11.5. The molecule has 1 aliphatic rings. The molecule has 88 valence electrons. The third-order valence-corrected chi connectivity index (χ3v) is 3.48. The molecule has 0 spiro atoms. The lowest BCUT2D eigenvalue weighted by molar-refractivity contribution is 0.0679. The molecule has 15 heavy (non-hydrogen) atoms. The van der Waals surface area contributed by atoms with E-state index in [0.29, 0.717) is 18.2 Å². The van der Waals surface area contributed by atoms with Crippen molar-refractivity contribution in [3.8, 4) is 0 Å². The van der Waals surface area contributed by atoms with Gasteiger partial charge in [0.1, 0.15) is 0 Å². The molecule has 1 unspecified atom stereocenters. The summed E-state index contributed by atoms with van der Waals surface area (Å²) in [7, 11) is -3.20. The largest absolute Gasteiger partial charge is 0.378 e. The average molecular weight is 252 g/mol. The van der Waals surface area contributed by atoms with Crippen LogP contribution in [0.4, 0.5) is 0 Å². The van der Waals surface area contributed by atoms with E-state index in [4.69, 9.17) is 17.0 Å². The molecule has 0 amide bonds. The summed E-state index contributed by atoms with van der Waals surface area (Å²) in [6, 6.07) is -0.340. The predicted molar refractivity (Wildman–Crippen MR) is 62.4 cm³/mol. The average Bonchev–Trinajstić information content (AvgIpc) is 2.15. The van der Waals surface area contributed by atoms with Gasteiger partial charge in [0.25, 0.3) is 0 Å². The normalized spacial score (nSPS) is 20.0. The fourth-order valence-electron chi connectivity index (χ4n) is 1.43. The van der Waals surface area contributed by atoms with Gasteiger partial charge in [-0.2, -0.15) is 0 Å². The highest BCUT2D eigenvalue weighted by Crippen LogP contribution is 2.03. The van der Waals surface area contributed by atoms with E-state index in [1.54, 1.807) is 6.92 Å². The lowest BCUT2D eigenvalue weighted by atomic mass is 10.3. The van der Waals surface area contributed by atoms with Gasteiger partial charge >= 0.3 is 0 Å². The number of hydrogen-bond donors (Lipinski definition) is 1. The quantitative estimate of drug-likeness (QED) is 0.692. The molecule has 1 heterocycles. The summed E-state index contributed by atoms with van der Waals surface area (Å²) in [5, 5.41) is 0. The van der Waals surface area contributed by atoms with Crippen LogP contribution < -0.4 is 4.72 Å². The van der Waals surface area contributed by atoms with Crippen LogP contribution in [0, 0.1) is 0 Å². The Morgan fingerprint density at radius 3 is 2.47 bits per heavy atom. The molecular weight excluding hydrogens is 236 g/mol. The van der Waals surface area contributed by atoms with Crippen molar-refractivity contribution < 1.29 is 13.2 Å². The Labute approximate surface area is 95.8 Å². The number of hydrogen-bond acceptors (Lipinski definition) is 4. The van der Waals surface area contributed by atoms with Gasteiger partial charge in [-0.15, -0.1) is 0 Å². The van der Waals surface area contributed by atoms with Crippen molar-refractivity contribution in [2.75, 3.05) is 32.6 Å². The maximum atomic E-state index is 11.0. The molecule has 1 aliphatic heterocycles. The molecule has 7 heteroatoms. The maximum Gasteiger partial charge on any atom is 0.209 e. The second kappa shape index (κ2) is 5.20. The number of thiocarbonyl (C=S) groups is 1. The summed E-state index contributed by atoms with van der Waals surface area (Å²) in [6.45, 7) is 4.50. The third kappa shape index (κ3) is 4.42. The molecule has 0 aromatic heterocycles. The number of sulfonamides is 1. The maximum absolute atomic E-state index is 11.0. The Balaban J connectivity index is 2.51. The van der Waals surface area contributed by atoms with E-state index in [-0.39, 0.29) is 6.04 Å². The van der Waals surface area contributed by atoms with Crippen molar-refractivity contribution >= 4 is 27.2 Å². The fourth-order valence-corrected chi connectivity index (χ4v) is 2.50. The van der Waals surface area contributed by atoms with Crippen LogP contribution in [0.2, 0.25) is 0 Å². The minimum Gasteiger partial charge on any atom is -0.378 e. The molecular formula is C8H16N2O3S2. The molecule has 1 saturated heterocycles. The van der Waals surface area contributed by atoms with Gasteiger partial charge in [0.15, 0.2) is 0 Å². The summed E-state index contributed by atoms with van der Waals surface area (Å²) in [4.78, 5) is 2.60. The first-order chi connectivity index (χ1) is 6.90. The SMILES string of the molecule is CC(NS(C)(=O)=O)C(=S)N1CCOCC1. The smallest absolute Gasteiger partial charge is 0.209 e. The van der Waals surface area contributed by atoms with Crippen LogP contribution in [0.5, 0.6) is 0 Å². The topological polar surface area (TPSA) is 58.6 Å². The van der Waals surface area contributed by atoms with E-state index < -0.39 is 10.0 Å². The van der Waals surface area contributed by atoms with Gasteiger partial charge in [-0.05, 0) is 6.92 Å². The highest BCUT2D eigenvalue weighted by atomic mass is 32.2. The van der Waals surface area contributed by atoms with Crippen molar-refractivity contribution in [3.05, 3.63) is 0 Å². The predicted octanol–water partition coefficient (Wildman–Crippen LogP) is -0.416. The zero-order valence-electron chi connectivity index (χ0n) is 8.89. The van der Waals surface area contributed by atoms with Crippen LogP contribution in [0.1, 0.15) is 6.92 Å². The molecule has 1 atom stereocenters. The lowest BCUT2D eigenvalue weighted by Crippen LogP contribution is -2.49. The van der Waals surface area contributed by atoms with Crippen molar-refractivity contribution in [2.45, 2.75) is 13.0 Å². The first-order valence-corrected chi connectivity index (χ1v) is 7.04. The standard InChI is InChI=1S/C8H16N2O3S2/c1-7(9-15(2,11)12)8(14)10-3-5-13-6-4-10/h7,9H,3-6H2,1-2H3. The summed E-state index contributed by atoms with van der Waals surface area (Å²) < 4.78 is 29.7. The van der Waals surface area contributed by atoms with Crippen LogP contribution in [0.3, 0.4) is 0 Å². The highest BCUT2D eigenvalue weighted by molar-refractivity contribution is 7.88. The van der Waals surface area contributed by atoms with Crippen LogP contribution in [-0.2, 0) is 14.8 Å². The number of nitrogens with one attached hydrogen (secondary N) is 1. The fraction of sp³-hybridized carbons (Fsp3) is 0.875. The van der Waals surface area contributed by atoms with Crippen LogP contribution in [0.25, 0.3) is 0 Å². The van der Waals surface area contributed by atoms with Crippen LogP contribution in [0.15, 0.2) is 0 Å². The summed E-state index contributed by atoms with van der Waals surface area (Å²) in [5.74, 6) is 0. The van der Waals surface area contributed by atoms with Crippen LogP contribution in [-0.4, -0.2) is 56.9 Å². The first kappa shape index (κ1) is 12.8. The lowest BCUT2D eigenvalue weighted by Gasteiger charge is -2.31. The molecule has 1 rings (SSSR count). The molecule has 5 nitrogen and oxygen atoms in total. The van der Waals surface area contributed by atoms with Gasteiger partial charge in [0, 0.05) is 13.1 Å². The van der Waals surface area contributed by atoms with Gasteiger partial charge in [0.2, 0.25) is 10.0 Å². The van der Waals surface area contributed by atoms with E-state index in [1.165, 1.54) is 0 Å². The molecule has 0 aromatic carbocycles. The zero-order valence-corrected chi connectivity index (χ0v) is 10.5. The van der Waals surface area contributed by atoms with E-state index in [0.717, 1.165) is 19.3 Å². The Morgan fingerprint density at radius 2 is 2.00 bits per heavy atom. The van der Waals surface area contributed by atoms with E-state index in [2.05, 4.69) is 4.72 Å². The Bertz CT molecular complexity index is 323. The molecule has 0 saturated carbocycles. The van der Waals surface area contributed by atoms with Crippen molar-refractivity contribution in [1.29, 1.82) is 0 Å². The number of morpholine rings is 1. The Morgan fingerprint density at radius 1 is 1.47 bits per heavy atom. The monoisotopic (exact) mass is 252 g/mol. The summed E-state index contributed by atoms with van der Waals surface area (Å²) in [6.07, 6.45) is 1.13. The number of rotatable bonds is 3. The Hall–Kier alpha value is -0.240. The molecule has 0 bridgehead atoms. The van der Waals surface area contributed by atoms with Gasteiger partial charge in [-0.25, -0.2) is 13.1 Å². The van der Waals surface area contributed by atoms with Gasteiger partial charge < -0.3 is 9.64 Å². The minimum atomic E-state index is -3.20. The van der Waals surface area contributed by atoms with Gasteiger partial charge in [0.05, 0.1) is 30.5 Å². The highest BCUT2D eigenvalue weighted by Gasteiger charge is 2.20. The van der Waals surface area contributed by atoms with E-state index in [9.17, 15) is 8.42 Å².